The summed E-state index contributed by atoms with van der Waals surface area (Å²) in [5.74, 6) is 0. The average molecular weight is 540 g/mol. The van der Waals surface area contributed by atoms with E-state index in [0.717, 1.165) is 6.54 Å². The molecule has 0 saturated carbocycles. The Kier molecular flexibility index (Phi) is 5.52. The Morgan fingerprint density at radius 1 is 0.476 bits per heavy atom. The van der Waals surface area contributed by atoms with Crippen LogP contribution in [-0.2, 0) is 17.4 Å². The fourth-order valence-electron chi connectivity index (χ4n) is 7.73. The molecule has 1 N–H and O–H groups in total. The Morgan fingerprint density at radius 3 is 1.74 bits per heavy atom. The molecule has 202 valence electrons. The molecule has 1 heteroatoms. The molecular weight excluding hydrogens is 506 g/mol. The molecule has 0 aliphatic heterocycles. The quantitative estimate of drug-likeness (QED) is 0.229. The third-order valence-corrected chi connectivity index (χ3v) is 9.61. The number of nitrogens with one attached hydrogen (secondary N) is 1. The molecule has 8 rings (SSSR count). The first-order valence-corrected chi connectivity index (χ1v) is 14.9. The molecule has 0 saturated heterocycles. The molecule has 6 aromatic carbocycles. The van der Waals surface area contributed by atoms with Crippen LogP contribution in [0.4, 0.5) is 5.69 Å². The van der Waals surface area contributed by atoms with Crippen LogP contribution in [0.5, 0.6) is 0 Å². The number of hydrogen-bond donors (Lipinski definition) is 1. The van der Waals surface area contributed by atoms with E-state index in [1.807, 2.05) is 0 Å². The molecule has 0 unspecified atom stereocenters. The van der Waals surface area contributed by atoms with Crippen LogP contribution in [0.1, 0.15) is 52.8 Å². The Labute approximate surface area is 248 Å². The van der Waals surface area contributed by atoms with Gasteiger partial charge in [0.1, 0.15) is 0 Å². The zero-order chi connectivity index (χ0) is 28.3. The first-order valence-electron chi connectivity index (χ1n) is 14.9. The Hall–Kier alpha value is -4.88. The number of hydrogen-bond acceptors (Lipinski definition) is 1. The second kappa shape index (κ2) is 9.33. The SMILES string of the molecule is CC1(C)c2ccccc2-c2c(NCc3cccc(C4(c5ccccc5)c5ccccc5-c5ccccc54)c3)cccc21. The fourth-order valence-corrected chi connectivity index (χ4v) is 7.73. The van der Waals surface area contributed by atoms with Gasteiger partial charge in [-0.15, -0.1) is 0 Å². The maximum absolute atomic E-state index is 3.85. The van der Waals surface area contributed by atoms with Gasteiger partial charge in [-0.1, -0.05) is 153 Å². The van der Waals surface area contributed by atoms with Crippen LogP contribution in [0.15, 0.2) is 146 Å². The normalized spacial score (nSPS) is 14.9. The van der Waals surface area contributed by atoms with Crippen molar-refractivity contribution in [3.05, 3.63) is 185 Å². The summed E-state index contributed by atoms with van der Waals surface area (Å²) in [7, 11) is 0. The topological polar surface area (TPSA) is 12.0 Å². The Bertz CT molecular complexity index is 1920. The first kappa shape index (κ1) is 24.9. The lowest BCUT2D eigenvalue weighted by molar-refractivity contribution is 0.660. The van der Waals surface area contributed by atoms with Gasteiger partial charge in [-0.25, -0.2) is 0 Å². The van der Waals surface area contributed by atoms with Gasteiger partial charge in [0, 0.05) is 23.2 Å². The minimum atomic E-state index is -0.374. The molecule has 6 aromatic rings. The van der Waals surface area contributed by atoms with E-state index < -0.39 is 0 Å². The van der Waals surface area contributed by atoms with Crippen molar-refractivity contribution in [2.75, 3.05) is 5.32 Å². The molecular formula is C41H33N. The summed E-state index contributed by atoms with van der Waals surface area (Å²) >= 11 is 0. The molecule has 0 radical (unpaired) electrons. The predicted octanol–water partition coefficient (Wildman–Crippen LogP) is 9.97. The highest BCUT2D eigenvalue weighted by Crippen LogP contribution is 2.56. The van der Waals surface area contributed by atoms with E-state index in [4.69, 9.17) is 0 Å². The third kappa shape index (κ3) is 3.43. The molecule has 0 spiro atoms. The molecule has 0 bridgehead atoms. The molecule has 0 fully saturated rings. The molecule has 0 atom stereocenters. The molecule has 2 aliphatic rings. The number of fused-ring (bicyclic) bond motifs is 6. The lowest BCUT2D eigenvalue weighted by Crippen LogP contribution is -2.28. The van der Waals surface area contributed by atoms with Crippen LogP contribution in [-0.4, -0.2) is 0 Å². The van der Waals surface area contributed by atoms with Gasteiger partial charge < -0.3 is 5.32 Å². The second-order valence-corrected chi connectivity index (χ2v) is 12.2. The summed E-state index contributed by atoms with van der Waals surface area (Å²) in [6.07, 6.45) is 0. The van der Waals surface area contributed by atoms with Crippen molar-refractivity contribution < 1.29 is 0 Å². The highest BCUT2D eigenvalue weighted by atomic mass is 14.9. The Morgan fingerprint density at radius 2 is 1.02 bits per heavy atom. The van der Waals surface area contributed by atoms with E-state index in [0.29, 0.717) is 0 Å². The van der Waals surface area contributed by atoms with Gasteiger partial charge in [-0.2, -0.15) is 0 Å². The molecule has 2 aliphatic carbocycles. The lowest BCUT2D eigenvalue weighted by atomic mass is 9.67. The predicted molar refractivity (Wildman–Crippen MR) is 175 cm³/mol. The summed E-state index contributed by atoms with van der Waals surface area (Å²) in [6, 6.07) is 53.7. The highest BCUT2D eigenvalue weighted by Gasteiger charge is 2.45. The second-order valence-electron chi connectivity index (χ2n) is 12.2. The van der Waals surface area contributed by atoms with E-state index in [-0.39, 0.29) is 10.8 Å². The number of anilines is 1. The highest BCUT2D eigenvalue weighted by molar-refractivity contribution is 5.90. The van der Waals surface area contributed by atoms with Gasteiger partial charge in [0.05, 0.1) is 5.41 Å². The maximum Gasteiger partial charge on any atom is 0.0713 e. The first-order chi connectivity index (χ1) is 20.6. The standard InChI is InChI=1S/C41H33N/c1-40(2)34-21-9-8-20-33(34)39-37(40)24-13-25-38(39)42-27-28-14-12-17-30(26-28)41(29-15-4-3-5-16-29)35-22-10-6-18-31(35)32-19-7-11-23-36(32)41/h3-26,42H,27H2,1-2H3. The van der Waals surface area contributed by atoms with Crippen LogP contribution < -0.4 is 5.32 Å². The largest absolute Gasteiger partial charge is 0.380 e. The molecule has 0 aromatic heterocycles. The van der Waals surface area contributed by atoms with Crippen molar-refractivity contribution in [1.82, 2.24) is 0 Å². The van der Waals surface area contributed by atoms with Crippen molar-refractivity contribution in [2.45, 2.75) is 31.2 Å². The lowest BCUT2D eigenvalue weighted by Gasteiger charge is -2.34. The van der Waals surface area contributed by atoms with Crippen LogP contribution in [0.25, 0.3) is 22.3 Å². The van der Waals surface area contributed by atoms with Gasteiger partial charge in [0.2, 0.25) is 0 Å². The molecule has 0 heterocycles. The smallest absolute Gasteiger partial charge is 0.0713 e. The summed E-state index contributed by atoms with van der Waals surface area (Å²) < 4.78 is 0. The van der Waals surface area contributed by atoms with E-state index in [1.54, 1.807) is 0 Å². The van der Waals surface area contributed by atoms with E-state index in [9.17, 15) is 0 Å². The minimum Gasteiger partial charge on any atom is -0.380 e. The van der Waals surface area contributed by atoms with Crippen molar-refractivity contribution in [3.63, 3.8) is 0 Å². The molecule has 0 amide bonds. The van der Waals surface area contributed by atoms with Gasteiger partial charge >= 0.3 is 0 Å². The zero-order valence-corrected chi connectivity index (χ0v) is 24.1. The van der Waals surface area contributed by atoms with Crippen molar-refractivity contribution in [1.29, 1.82) is 0 Å². The summed E-state index contributed by atoms with van der Waals surface area (Å²) in [5.41, 5.74) is 15.5. The third-order valence-electron chi connectivity index (χ3n) is 9.61. The fraction of sp³-hybridized carbons (Fsp3) is 0.122. The van der Waals surface area contributed by atoms with E-state index in [1.165, 1.54) is 66.9 Å². The van der Waals surface area contributed by atoms with Crippen molar-refractivity contribution in [2.24, 2.45) is 0 Å². The summed E-state index contributed by atoms with van der Waals surface area (Å²) in [5, 5.41) is 3.85. The van der Waals surface area contributed by atoms with Gasteiger partial charge in [-0.3, -0.25) is 0 Å². The van der Waals surface area contributed by atoms with Crippen LogP contribution in [0.3, 0.4) is 0 Å². The number of rotatable bonds is 5. The molecule has 1 nitrogen and oxygen atoms in total. The van der Waals surface area contributed by atoms with Crippen LogP contribution >= 0.6 is 0 Å². The maximum atomic E-state index is 3.85. The van der Waals surface area contributed by atoms with Gasteiger partial charge in [-0.05, 0) is 61.7 Å². The summed E-state index contributed by atoms with van der Waals surface area (Å²) in [4.78, 5) is 0. The van der Waals surface area contributed by atoms with E-state index in [2.05, 4.69) is 165 Å². The van der Waals surface area contributed by atoms with Gasteiger partial charge in [0.25, 0.3) is 0 Å². The van der Waals surface area contributed by atoms with Gasteiger partial charge in [0.15, 0.2) is 0 Å². The minimum absolute atomic E-state index is 0.00511. The van der Waals surface area contributed by atoms with E-state index >= 15 is 0 Å². The zero-order valence-electron chi connectivity index (χ0n) is 24.1. The average Bonchev–Trinajstić information content (AvgIpc) is 3.48. The monoisotopic (exact) mass is 539 g/mol. The summed E-state index contributed by atoms with van der Waals surface area (Å²) in [6.45, 7) is 5.43. The van der Waals surface area contributed by atoms with Crippen molar-refractivity contribution in [3.8, 4) is 22.3 Å². The van der Waals surface area contributed by atoms with Crippen molar-refractivity contribution >= 4 is 5.69 Å². The van der Waals surface area contributed by atoms with Crippen LogP contribution in [0, 0.1) is 0 Å². The van der Waals surface area contributed by atoms with Crippen LogP contribution in [0.2, 0.25) is 0 Å². The molecule has 42 heavy (non-hydrogen) atoms. The Balaban J connectivity index is 1.24. The number of benzene rings is 6.